The van der Waals surface area contributed by atoms with Gasteiger partial charge in [0, 0.05) is 28.9 Å². The number of imidazole rings is 1. The van der Waals surface area contributed by atoms with E-state index < -0.39 is 35.2 Å². The molecule has 6 rings (SSSR count). The minimum absolute atomic E-state index is 0.0352. The predicted molar refractivity (Wildman–Crippen MR) is 150 cm³/mol. The molecule has 2 fully saturated rings. The van der Waals surface area contributed by atoms with Gasteiger partial charge in [-0.1, -0.05) is 14.8 Å². The molecule has 1 saturated heterocycles. The summed E-state index contributed by atoms with van der Waals surface area (Å²) in [5, 5.41) is 25.1. The summed E-state index contributed by atoms with van der Waals surface area (Å²) >= 11 is 2.16. The van der Waals surface area contributed by atoms with Crippen molar-refractivity contribution in [1.29, 1.82) is 0 Å². The van der Waals surface area contributed by atoms with E-state index in [-0.39, 0.29) is 46.6 Å². The number of carbonyl (C=O) groups is 4. The monoisotopic (exact) mass is 627 g/mol. The van der Waals surface area contributed by atoms with Crippen LogP contribution in [0.5, 0.6) is 0 Å². The second-order valence-electron chi connectivity index (χ2n) is 9.93. The molecule has 1 aliphatic carbocycles. The Morgan fingerprint density at radius 1 is 1.28 bits per heavy atom. The number of amides is 4. The molecule has 1 saturated carbocycles. The zero-order valence-electron chi connectivity index (χ0n) is 22.3. The van der Waals surface area contributed by atoms with Crippen LogP contribution in [0.15, 0.2) is 41.0 Å². The number of nitrogen functional groups attached to an aromatic ring is 1. The third-order valence-corrected chi connectivity index (χ3v) is 9.02. The molecule has 17 nitrogen and oxygen atoms in total. The molecule has 3 aliphatic rings. The Morgan fingerprint density at radius 3 is 2.77 bits per heavy atom. The van der Waals surface area contributed by atoms with Crippen LogP contribution in [0.3, 0.4) is 0 Å². The Balaban J connectivity index is 1.23. The molecule has 4 amide bonds. The van der Waals surface area contributed by atoms with Crippen molar-refractivity contribution < 1.29 is 33.7 Å². The van der Waals surface area contributed by atoms with Crippen molar-refractivity contribution in [2.24, 2.45) is 10.9 Å². The van der Waals surface area contributed by atoms with Crippen molar-refractivity contribution in [3.63, 3.8) is 0 Å². The van der Waals surface area contributed by atoms with Crippen molar-refractivity contribution in [2.75, 3.05) is 16.8 Å². The Hall–Kier alpha value is -4.78. The summed E-state index contributed by atoms with van der Waals surface area (Å²) in [5.41, 5.74) is 11.4. The lowest BCUT2D eigenvalue weighted by Crippen LogP contribution is -2.71. The lowest BCUT2D eigenvalue weighted by molar-refractivity contribution is -0.662. The van der Waals surface area contributed by atoms with Crippen molar-refractivity contribution >= 4 is 69.4 Å². The third kappa shape index (κ3) is 5.43. The first-order valence-electron chi connectivity index (χ1n) is 13.2. The fraction of sp³-hybridized carbons (Fsp3) is 0.375. The maximum absolute atomic E-state index is 13.3. The molecular weight excluding hydrogens is 602 g/mol. The number of nitrogens with zero attached hydrogens (tertiary/aromatic N) is 7. The van der Waals surface area contributed by atoms with E-state index in [4.69, 9.17) is 16.3 Å². The molecule has 43 heavy (non-hydrogen) atoms. The number of nitrogens with two attached hydrogens (primary N) is 2. The third-order valence-electron chi connectivity index (χ3n) is 7.13. The normalized spacial score (nSPS) is 20.6. The van der Waals surface area contributed by atoms with Gasteiger partial charge in [0.25, 0.3) is 17.6 Å². The number of thioether (sulfide) groups is 1. The quantitative estimate of drug-likeness (QED) is 0.0903. The van der Waals surface area contributed by atoms with Crippen LogP contribution in [-0.4, -0.2) is 76.7 Å². The maximum Gasteiger partial charge on any atom is 0.319 e. The number of β-lactam (4-membered cyclic amide) rings is 1. The lowest BCUT2D eigenvalue weighted by Gasteiger charge is -2.50. The van der Waals surface area contributed by atoms with Crippen LogP contribution >= 0.6 is 23.3 Å². The van der Waals surface area contributed by atoms with E-state index in [0.29, 0.717) is 11.2 Å². The van der Waals surface area contributed by atoms with Crippen molar-refractivity contribution in [2.45, 2.75) is 49.7 Å². The summed E-state index contributed by atoms with van der Waals surface area (Å²) in [5.74, 6) is -2.47. The molecule has 3 aromatic heterocycles. The van der Waals surface area contributed by atoms with Crippen molar-refractivity contribution in [3.05, 3.63) is 41.6 Å². The molecule has 6 N–H and O–H groups in total. The predicted octanol–water partition coefficient (Wildman–Crippen LogP) is -1.69. The van der Waals surface area contributed by atoms with Gasteiger partial charge in [-0.05, 0) is 31.7 Å². The summed E-state index contributed by atoms with van der Waals surface area (Å²) in [6.07, 6.45) is 6.52. The van der Waals surface area contributed by atoms with Gasteiger partial charge in [-0.25, -0.2) is 9.36 Å². The number of aromatic nitrogens is 5. The Morgan fingerprint density at radius 2 is 2.07 bits per heavy atom. The SMILES string of the molecule is NC(=O)Nc1c[n+](CC2=C(C(=O)[O-])N3C(=O)[C@@H](NC(=O)/C(=N\OC4CCCC4)c4nsc(N)n4)[C@H]3SC2)c2cccnn12. The topological polar surface area (TPSA) is 239 Å². The van der Waals surface area contributed by atoms with E-state index in [1.54, 1.807) is 22.9 Å². The second kappa shape index (κ2) is 11.5. The van der Waals surface area contributed by atoms with Crippen LogP contribution in [0.1, 0.15) is 31.5 Å². The van der Waals surface area contributed by atoms with E-state index >= 15 is 0 Å². The van der Waals surface area contributed by atoms with Crippen molar-refractivity contribution in [1.82, 2.24) is 29.2 Å². The Bertz CT molecular complexity index is 1700. The highest BCUT2D eigenvalue weighted by Crippen LogP contribution is 2.40. The fourth-order valence-corrected chi connectivity index (χ4v) is 6.99. The van der Waals surface area contributed by atoms with E-state index in [1.165, 1.54) is 22.5 Å². The Labute approximate surface area is 251 Å². The van der Waals surface area contributed by atoms with Crippen LogP contribution in [0.2, 0.25) is 0 Å². The van der Waals surface area contributed by atoms with E-state index in [1.807, 2.05) is 0 Å². The summed E-state index contributed by atoms with van der Waals surface area (Å²) in [6, 6.07) is 1.56. The molecular formula is C24H25N11O6S2. The van der Waals surface area contributed by atoms with Gasteiger partial charge in [0.1, 0.15) is 24.1 Å². The molecule has 2 atom stereocenters. The number of nitrogens with one attached hydrogen (secondary N) is 2. The average Bonchev–Trinajstić information content (AvgIpc) is 3.73. The number of carboxylic acids is 1. The molecule has 0 aromatic carbocycles. The van der Waals surface area contributed by atoms with Crippen LogP contribution in [-0.2, 0) is 25.8 Å². The lowest BCUT2D eigenvalue weighted by atomic mass is 10.0. The maximum atomic E-state index is 13.3. The van der Waals surface area contributed by atoms with Crippen LogP contribution in [0.25, 0.3) is 5.65 Å². The minimum Gasteiger partial charge on any atom is -0.543 e. The van der Waals surface area contributed by atoms with Gasteiger partial charge >= 0.3 is 11.7 Å². The highest BCUT2D eigenvalue weighted by atomic mass is 32.2. The number of aliphatic carboxylic acids is 1. The molecule has 5 heterocycles. The molecule has 2 aliphatic heterocycles. The number of rotatable bonds is 9. The number of hydrogen-bond acceptors (Lipinski definition) is 13. The van der Waals surface area contributed by atoms with Crippen LogP contribution in [0, 0.1) is 0 Å². The zero-order chi connectivity index (χ0) is 30.2. The number of primary amides is 1. The number of fused-ring (bicyclic) bond motifs is 2. The minimum atomic E-state index is -1.54. The number of hydrogen-bond donors (Lipinski definition) is 4. The van der Waals surface area contributed by atoms with Gasteiger partial charge in [-0.3, -0.25) is 19.8 Å². The number of carbonyl (C=O) groups excluding carboxylic acids is 4. The first-order valence-corrected chi connectivity index (χ1v) is 15.0. The number of urea groups is 1. The van der Waals surface area contributed by atoms with Crippen LogP contribution in [0.4, 0.5) is 15.7 Å². The first kappa shape index (κ1) is 28.3. The standard InChI is InChI=1S/C24H25N11O6S2/c25-23(40)28-13-9-33(14-6-3-7-27-35(13)14)8-11-10-42-21-16(20(37)34(21)17(11)22(38)39)29-19(36)15(18-30-24(26)43-32-18)31-41-12-4-1-2-5-12/h3,6-7,9,12,16,21H,1-2,4-5,8,10H2,(H6-,25,26,27,28,29,30,32,36,38,39,40)/b31-15-/t16-,21-/m1/s1. The molecule has 0 radical (unpaired) electrons. The average molecular weight is 628 g/mol. The van der Waals surface area contributed by atoms with Gasteiger partial charge < -0.3 is 31.5 Å². The summed E-state index contributed by atoms with van der Waals surface area (Å²) in [7, 11) is 0. The summed E-state index contributed by atoms with van der Waals surface area (Å²) < 4.78 is 7.16. The summed E-state index contributed by atoms with van der Waals surface area (Å²) in [4.78, 5) is 61.1. The highest BCUT2D eigenvalue weighted by Gasteiger charge is 2.53. The molecule has 224 valence electrons. The smallest absolute Gasteiger partial charge is 0.319 e. The van der Waals surface area contributed by atoms with Gasteiger partial charge in [0.2, 0.25) is 11.5 Å². The van der Waals surface area contributed by atoms with Gasteiger partial charge in [-0.2, -0.15) is 9.36 Å². The Kier molecular flexibility index (Phi) is 7.57. The second-order valence-corrected chi connectivity index (χ2v) is 11.8. The summed E-state index contributed by atoms with van der Waals surface area (Å²) in [6.45, 7) is 0.0473. The first-order chi connectivity index (χ1) is 20.7. The highest BCUT2D eigenvalue weighted by molar-refractivity contribution is 8.00. The van der Waals surface area contributed by atoms with Crippen LogP contribution < -0.4 is 31.8 Å². The largest absolute Gasteiger partial charge is 0.543 e. The molecule has 3 aromatic rings. The van der Waals surface area contributed by atoms with E-state index in [0.717, 1.165) is 42.1 Å². The van der Waals surface area contributed by atoms with Crippen molar-refractivity contribution in [3.8, 4) is 0 Å². The number of anilines is 2. The number of oxime groups is 1. The van der Waals surface area contributed by atoms with Gasteiger partial charge in [0.05, 0.1) is 17.9 Å². The fourth-order valence-electron chi connectivity index (χ4n) is 5.22. The molecule has 0 bridgehead atoms. The van der Waals surface area contributed by atoms with E-state index in [2.05, 4.69) is 30.2 Å². The zero-order valence-corrected chi connectivity index (χ0v) is 24.0. The number of carboxylic acid groups (broad SMARTS) is 1. The van der Waals surface area contributed by atoms with Gasteiger partial charge in [0.15, 0.2) is 11.3 Å². The molecule has 0 unspecified atom stereocenters. The van der Waals surface area contributed by atoms with E-state index in [9.17, 15) is 24.3 Å². The molecule has 19 heteroatoms. The van der Waals surface area contributed by atoms with Gasteiger partial charge in [-0.15, -0.1) is 11.8 Å². The molecule has 0 spiro atoms.